The number of hydrogen-bond acceptors (Lipinski definition) is 7. The van der Waals surface area contributed by atoms with Gasteiger partial charge in [-0.2, -0.15) is 0 Å². The molecule has 2 unspecified atom stereocenters. The Labute approximate surface area is 159 Å². The molecule has 0 radical (unpaired) electrons. The van der Waals surface area contributed by atoms with Crippen molar-refractivity contribution in [3.8, 4) is 5.75 Å². The number of rotatable bonds is 10. The summed E-state index contributed by atoms with van der Waals surface area (Å²) in [6.07, 6.45) is -4.08. The third-order valence-electron chi connectivity index (χ3n) is 4.59. The van der Waals surface area contributed by atoms with E-state index in [2.05, 4.69) is 0 Å². The van der Waals surface area contributed by atoms with Gasteiger partial charge in [-0.25, -0.2) is 9.59 Å². The number of carboxylic acids is 1. The molecule has 27 heavy (non-hydrogen) atoms. The van der Waals surface area contributed by atoms with Crippen molar-refractivity contribution >= 4 is 11.9 Å². The first-order chi connectivity index (χ1) is 12.6. The van der Waals surface area contributed by atoms with Gasteiger partial charge in [-0.15, -0.1) is 0 Å². The SMILES string of the molecule is CC[C@](OC(=O)C(O)C(O)C(=O)O)(c1cccc(OC)c1)[C@H](C)CN(C)C. The molecule has 0 aromatic heterocycles. The lowest BCUT2D eigenvalue weighted by atomic mass is 9.79. The molecule has 0 bridgehead atoms. The summed E-state index contributed by atoms with van der Waals surface area (Å²) in [4.78, 5) is 25.2. The summed E-state index contributed by atoms with van der Waals surface area (Å²) in [5.74, 6) is -2.53. The van der Waals surface area contributed by atoms with Crippen LogP contribution in [-0.2, 0) is 19.9 Å². The molecule has 8 nitrogen and oxygen atoms in total. The minimum Gasteiger partial charge on any atom is -0.497 e. The Bertz CT molecular complexity index is 649. The topological polar surface area (TPSA) is 117 Å². The molecule has 152 valence electrons. The number of carbonyl (C=O) groups excluding carboxylic acids is 1. The Morgan fingerprint density at radius 3 is 2.33 bits per heavy atom. The Morgan fingerprint density at radius 1 is 1.22 bits per heavy atom. The fourth-order valence-electron chi connectivity index (χ4n) is 3.15. The summed E-state index contributed by atoms with van der Waals surface area (Å²) in [5.41, 5.74) is -0.487. The quantitative estimate of drug-likeness (QED) is 0.509. The third-order valence-corrected chi connectivity index (χ3v) is 4.59. The molecule has 0 saturated heterocycles. The highest BCUT2D eigenvalue weighted by atomic mass is 16.6. The first kappa shape index (κ1) is 22.9. The molecule has 1 aromatic rings. The number of methoxy groups -OCH3 is 1. The van der Waals surface area contributed by atoms with Crippen LogP contribution in [0.3, 0.4) is 0 Å². The summed E-state index contributed by atoms with van der Waals surface area (Å²) in [5, 5.41) is 28.2. The number of benzene rings is 1. The first-order valence-electron chi connectivity index (χ1n) is 8.70. The van der Waals surface area contributed by atoms with Crippen LogP contribution in [0.25, 0.3) is 0 Å². The monoisotopic (exact) mass is 383 g/mol. The second-order valence-corrected chi connectivity index (χ2v) is 6.79. The van der Waals surface area contributed by atoms with E-state index >= 15 is 0 Å². The summed E-state index contributed by atoms with van der Waals surface area (Å²) in [7, 11) is 5.29. The van der Waals surface area contributed by atoms with E-state index in [1.54, 1.807) is 24.3 Å². The molecule has 0 saturated carbocycles. The van der Waals surface area contributed by atoms with Crippen molar-refractivity contribution in [2.24, 2.45) is 5.92 Å². The molecule has 8 heteroatoms. The zero-order chi connectivity index (χ0) is 20.8. The maximum Gasteiger partial charge on any atom is 0.339 e. The van der Waals surface area contributed by atoms with E-state index < -0.39 is 29.7 Å². The van der Waals surface area contributed by atoms with Crippen LogP contribution in [0.5, 0.6) is 5.75 Å². The predicted molar refractivity (Wildman–Crippen MR) is 98.4 cm³/mol. The van der Waals surface area contributed by atoms with Gasteiger partial charge in [0.2, 0.25) is 0 Å². The number of carboxylic acid groups (broad SMARTS) is 1. The van der Waals surface area contributed by atoms with E-state index in [9.17, 15) is 19.8 Å². The lowest BCUT2D eigenvalue weighted by Gasteiger charge is -2.40. The van der Waals surface area contributed by atoms with Crippen LogP contribution in [-0.4, -0.2) is 72.1 Å². The Hall–Kier alpha value is -2.16. The fraction of sp³-hybridized carbons (Fsp3) is 0.579. The summed E-state index contributed by atoms with van der Waals surface area (Å²) < 4.78 is 10.9. The molecule has 1 aromatic carbocycles. The number of ether oxygens (including phenoxy) is 2. The molecule has 3 N–H and O–H groups in total. The standard InChI is InChI=1S/C19H29NO7/c1-6-19(12(2)11-20(3)4,13-8-7-9-14(10-13)26-5)27-18(25)16(22)15(21)17(23)24/h7-10,12,15-16,21-22H,6,11H2,1-5H3,(H,23,24)/t12-,15?,16?,19-/m1/s1. The highest BCUT2D eigenvalue weighted by Crippen LogP contribution is 2.39. The number of esters is 1. The maximum atomic E-state index is 12.4. The van der Waals surface area contributed by atoms with Gasteiger partial charge >= 0.3 is 11.9 Å². The van der Waals surface area contributed by atoms with Crippen molar-refractivity contribution in [3.63, 3.8) is 0 Å². The normalized spacial score (nSPS) is 16.9. The van der Waals surface area contributed by atoms with E-state index in [0.717, 1.165) is 0 Å². The number of aliphatic hydroxyl groups is 2. The van der Waals surface area contributed by atoms with Crippen LogP contribution in [0.2, 0.25) is 0 Å². The van der Waals surface area contributed by atoms with Gasteiger partial charge in [0, 0.05) is 12.5 Å². The summed E-state index contributed by atoms with van der Waals surface area (Å²) in [6.45, 7) is 4.30. The van der Waals surface area contributed by atoms with E-state index in [-0.39, 0.29) is 5.92 Å². The Morgan fingerprint density at radius 2 is 1.85 bits per heavy atom. The van der Waals surface area contributed by atoms with Crippen LogP contribution < -0.4 is 4.74 Å². The molecular weight excluding hydrogens is 354 g/mol. The van der Waals surface area contributed by atoms with Gasteiger partial charge in [-0.3, -0.25) is 0 Å². The van der Waals surface area contributed by atoms with Gasteiger partial charge < -0.3 is 29.7 Å². The van der Waals surface area contributed by atoms with E-state index in [4.69, 9.17) is 14.6 Å². The number of aliphatic carboxylic acids is 1. The molecule has 0 heterocycles. The predicted octanol–water partition coefficient (Wildman–Crippen LogP) is 0.848. The van der Waals surface area contributed by atoms with Crippen LogP contribution in [0, 0.1) is 5.92 Å². The molecule has 0 spiro atoms. The van der Waals surface area contributed by atoms with Crippen molar-refractivity contribution < 1.29 is 34.4 Å². The molecule has 4 atom stereocenters. The molecule has 0 aliphatic rings. The molecule has 0 fully saturated rings. The molecule has 0 aliphatic heterocycles. The van der Waals surface area contributed by atoms with Crippen molar-refractivity contribution in [2.45, 2.75) is 38.1 Å². The molecule has 1 rings (SSSR count). The van der Waals surface area contributed by atoms with Gasteiger partial charge in [-0.1, -0.05) is 26.0 Å². The minimum atomic E-state index is -2.26. The lowest BCUT2D eigenvalue weighted by Crippen LogP contribution is -2.48. The van der Waals surface area contributed by atoms with E-state index in [0.29, 0.717) is 24.3 Å². The van der Waals surface area contributed by atoms with Crippen molar-refractivity contribution in [1.29, 1.82) is 0 Å². The zero-order valence-corrected chi connectivity index (χ0v) is 16.4. The van der Waals surface area contributed by atoms with E-state index in [1.165, 1.54) is 7.11 Å². The second-order valence-electron chi connectivity index (χ2n) is 6.79. The van der Waals surface area contributed by atoms with Gasteiger partial charge in [0.05, 0.1) is 7.11 Å². The van der Waals surface area contributed by atoms with Crippen molar-refractivity contribution in [2.75, 3.05) is 27.7 Å². The Balaban J connectivity index is 3.35. The zero-order valence-electron chi connectivity index (χ0n) is 16.4. The lowest BCUT2D eigenvalue weighted by molar-refractivity contribution is -0.188. The van der Waals surface area contributed by atoms with Crippen LogP contribution in [0.4, 0.5) is 0 Å². The number of nitrogens with zero attached hydrogens (tertiary/aromatic N) is 1. The molecular formula is C19H29NO7. The highest BCUT2D eigenvalue weighted by Gasteiger charge is 2.43. The second kappa shape index (κ2) is 9.68. The number of carbonyl (C=O) groups is 2. The third kappa shape index (κ3) is 5.41. The van der Waals surface area contributed by atoms with Crippen molar-refractivity contribution in [3.05, 3.63) is 29.8 Å². The average Bonchev–Trinajstić information content (AvgIpc) is 2.63. The van der Waals surface area contributed by atoms with E-state index in [1.807, 2.05) is 32.8 Å². The number of hydrogen-bond donors (Lipinski definition) is 3. The largest absolute Gasteiger partial charge is 0.497 e. The van der Waals surface area contributed by atoms with Gasteiger partial charge in [0.25, 0.3) is 0 Å². The van der Waals surface area contributed by atoms with Crippen molar-refractivity contribution in [1.82, 2.24) is 4.90 Å². The molecule has 0 amide bonds. The fourth-order valence-corrected chi connectivity index (χ4v) is 3.15. The summed E-state index contributed by atoms with van der Waals surface area (Å²) in [6, 6.07) is 7.04. The van der Waals surface area contributed by atoms with Gasteiger partial charge in [-0.05, 0) is 38.2 Å². The smallest absolute Gasteiger partial charge is 0.339 e. The van der Waals surface area contributed by atoms with Gasteiger partial charge in [0.15, 0.2) is 12.2 Å². The average molecular weight is 383 g/mol. The minimum absolute atomic E-state index is 0.206. The van der Waals surface area contributed by atoms with Gasteiger partial charge in [0.1, 0.15) is 11.4 Å². The van der Waals surface area contributed by atoms with Crippen LogP contribution >= 0.6 is 0 Å². The van der Waals surface area contributed by atoms with Crippen LogP contribution in [0.15, 0.2) is 24.3 Å². The maximum absolute atomic E-state index is 12.4. The summed E-state index contributed by atoms with van der Waals surface area (Å²) >= 11 is 0. The number of aliphatic hydroxyl groups excluding tert-OH is 2. The molecule has 0 aliphatic carbocycles. The Kier molecular flexibility index (Phi) is 8.20. The van der Waals surface area contributed by atoms with Crippen LogP contribution in [0.1, 0.15) is 25.8 Å². The first-order valence-corrected chi connectivity index (χ1v) is 8.70. The highest BCUT2D eigenvalue weighted by molar-refractivity contribution is 5.84.